The SMILES string of the molecule is CC1(C)OC[C@@H](CN2CCOCC2)O1. The summed E-state index contributed by atoms with van der Waals surface area (Å²) in [6.45, 7) is 9.32. The van der Waals surface area contributed by atoms with E-state index >= 15 is 0 Å². The van der Waals surface area contributed by atoms with Gasteiger partial charge in [-0.3, -0.25) is 4.90 Å². The molecule has 0 unspecified atom stereocenters. The van der Waals surface area contributed by atoms with E-state index in [1.165, 1.54) is 0 Å². The Kier molecular flexibility index (Phi) is 3.07. The van der Waals surface area contributed by atoms with Crippen LogP contribution in [-0.2, 0) is 14.2 Å². The molecule has 1 atom stereocenters. The molecule has 4 nitrogen and oxygen atoms in total. The van der Waals surface area contributed by atoms with Crippen molar-refractivity contribution in [3.8, 4) is 0 Å². The lowest BCUT2D eigenvalue weighted by molar-refractivity contribution is -0.141. The Balaban J connectivity index is 1.75. The van der Waals surface area contributed by atoms with Crippen LogP contribution < -0.4 is 0 Å². The van der Waals surface area contributed by atoms with Crippen LogP contribution in [0.1, 0.15) is 13.8 Å². The minimum atomic E-state index is -0.392. The maximum Gasteiger partial charge on any atom is 0.163 e. The van der Waals surface area contributed by atoms with E-state index in [9.17, 15) is 0 Å². The zero-order valence-corrected chi connectivity index (χ0v) is 8.99. The van der Waals surface area contributed by atoms with Crippen molar-refractivity contribution in [2.75, 3.05) is 39.5 Å². The third-order valence-electron chi connectivity index (χ3n) is 2.63. The summed E-state index contributed by atoms with van der Waals surface area (Å²) in [6, 6.07) is 0. The second kappa shape index (κ2) is 4.14. The summed E-state index contributed by atoms with van der Waals surface area (Å²) in [5, 5.41) is 0. The smallest absolute Gasteiger partial charge is 0.163 e. The van der Waals surface area contributed by atoms with Gasteiger partial charge in [-0.25, -0.2) is 0 Å². The largest absolute Gasteiger partial charge is 0.379 e. The van der Waals surface area contributed by atoms with E-state index in [4.69, 9.17) is 14.2 Å². The fourth-order valence-corrected chi connectivity index (χ4v) is 1.92. The monoisotopic (exact) mass is 201 g/mol. The molecule has 2 heterocycles. The second-order valence-corrected chi connectivity index (χ2v) is 4.36. The van der Waals surface area contributed by atoms with Crippen LogP contribution in [0.2, 0.25) is 0 Å². The van der Waals surface area contributed by atoms with Crippen LogP contribution in [0.15, 0.2) is 0 Å². The van der Waals surface area contributed by atoms with E-state index in [2.05, 4.69) is 4.90 Å². The molecular formula is C10H19NO3. The first-order valence-corrected chi connectivity index (χ1v) is 5.28. The van der Waals surface area contributed by atoms with Gasteiger partial charge in [0.25, 0.3) is 0 Å². The fraction of sp³-hybridized carbons (Fsp3) is 1.00. The highest BCUT2D eigenvalue weighted by atomic mass is 16.7. The third-order valence-corrected chi connectivity index (χ3v) is 2.63. The van der Waals surface area contributed by atoms with Crippen LogP contribution in [0.5, 0.6) is 0 Å². The molecule has 0 aliphatic carbocycles. The number of ether oxygens (including phenoxy) is 3. The molecule has 0 spiro atoms. The molecule has 82 valence electrons. The fourth-order valence-electron chi connectivity index (χ4n) is 1.92. The van der Waals surface area contributed by atoms with Crippen molar-refractivity contribution in [1.29, 1.82) is 0 Å². The maximum atomic E-state index is 5.75. The molecule has 0 aromatic rings. The molecular weight excluding hydrogens is 182 g/mol. The molecule has 0 saturated carbocycles. The van der Waals surface area contributed by atoms with Crippen LogP contribution in [0.25, 0.3) is 0 Å². The molecule has 0 N–H and O–H groups in total. The van der Waals surface area contributed by atoms with E-state index in [0.717, 1.165) is 32.8 Å². The van der Waals surface area contributed by atoms with Crippen molar-refractivity contribution in [2.45, 2.75) is 25.7 Å². The highest BCUT2D eigenvalue weighted by Gasteiger charge is 2.33. The summed E-state index contributed by atoms with van der Waals surface area (Å²) in [7, 11) is 0. The quantitative estimate of drug-likeness (QED) is 0.650. The lowest BCUT2D eigenvalue weighted by Crippen LogP contribution is -2.41. The lowest BCUT2D eigenvalue weighted by atomic mass is 10.3. The molecule has 14 heavy (non-hydrogen) atoms. The Labute approximate surface area is 85.1 Å². The zero-order chi connectivity index (χ0) is 10.0. The van der Waals surface area contributed by atoms with Gasteiger partial charge in [0.2, 0.25) is 0 Å². The second-order valence-electron chi connectivity index (χ2n) is 4.36. The minimum Gasteiger partial charge on any atom is -0.379 e. The van der Waals surface area contributed by atoms with Crippen LogP contribution in [0, 0.1) is 0 Å². The van der Waals surface area contributed by atoms with Crippen molar-refractivity contribution < 1.29 is 14.2 Å². The number of nitrogens with zero attached hydrogens (tertiary/aromatic N) is 1. The highest BCUT2D eigenvalue weighted by Crippen LogP contribution is 2.22. The molecule has 0 bridgehead atoms. The molecule has 2 rings (SSSR count). The van der Waals surface area contributed by atoms with Gasteiger partial charge < -0.3 is 14.2 Å². The van der Waals surface area contributed by atoms with Crippen molar-refractivity contribution in [1.82, 2.24) is 4.90 Å². The number of rotatable bonds is 2. The number of hydrogen-bond acceptors (Lipinski definition) is 4. The summed E-state index contributed by atoms with van der Waals surface area (Å²) < 4.78 is 16.6. The predicted molar refractivity (Wildman–Crippen MR) is 52.2 cm³/mol. The average Bonchev–Trinajstić information content (AvgIpc) is 2.47. The van der Waals surface area contributed by atoms with Gasteiger partial charge >= 0.3 is 0 Å². The van der Waals surface area contributed by atoms with Crippen LogP contribution in [0.4, 0.5) is 0 Å². The minimum absolute atomic E-state index is 0.225. The van der Waals surface area contributed by atoms with Gasteiger partial charge in [0.1, 0.15) is 0 Å². The van der Waals surface area contributed by atoms with E-state index in [0.29, 0.717) is 6.61 Å². The first-order chi connectivity index (χ1) is 6.66. The molecule has 2 aliphatic rings. The van der Waals surface area contributed by atoms with E-state index in [-0.39, 0.29) is 6.10 Å². The van der Waals surface area contributed by atoms with Gasteiger partial charge in [0, 0.05) is 19.6 Å². The maximum absolute atomic E-state index is 5.75. The first-order valence-electron chi connectivity index (χ1n) is 5.28. The van der Waals surface area contributed by atoms with Crippen molar-refractivity contribution in [3.05, 3.63) is 0 Å². The third kappa shape index (κ3) is 2.67. The summed E-state index contributed by atoms with van der Waals surface area (Å²) in [5.41, 5.74) is 0. The van der Waals surface area contributed by atoms with Crippen LogP contribution >= 0.6 is 0 Å². The lowest BCUT2D eigenvalue weighted by Gasteiger charge is -2.28. The van der Waals surface area contributed by atoms with Gasteiger partial charge in [0.15, 0.2) is 5.79 Å². The summed E-state index contributed by atoms with van der Waals surface area (Å²) in [4.78, 5) is 2.37. The first kappa shape index (κ1) is 10.4. The molecule has 0 amide bonds. The van der Waals surface area contributed by atoms with Crippen LogP contribution in [-0.4, -0.2) is 56.2 Å². The Hall–Kier alpha value is -0.160. The van der Waals surface area contributed by atoms with Gasteiger partial charge in [-0.2, -0.15) is 0 Å². The topological polar surface area (TPSA) is 30.9 Å². The van der Waals surface area contributed by atoms with E-state index in [1.807, 2.05) is 13.8 Å². The van der Waals surface area contributed by atoms with Crippen LogP contribution in [0.3, 0.4) is 0 Å². The molecule has 0 aromatic carbocycles. The van der Waals surface area contributed by atoms with Crippen molar-refractivity contribution >= 4 is 0 Å². The van der Waals surface area contributed by atoms with Gasteiger partial charge in [-0.1, -0.05) is 0 Å². The molecule has 0 aromatic heterocycles. The normalized spacial score (nSPS) is 33.4. The number of hydrogen-bond donors (Lipinski definition) is 0. The molecule has 2 saturated heterocycles. The molecule has 4 heteroatoms. The van der Waals surface area contributed by atoms with E-state index in [1.54, 1.807) is 0 Å². The van der Waals surface area contributed by atoms with Gasteiger partial charge in [-0.15, -0.1) is 0 Å². The predicted octanol–water partition coefficient (Wildman–Crippen LogP) is 0.470. The van der Waals surface area contributed by atoms with E-state index < -0.39 is 5.79 Å². The summed E-state index contributed by atoms with van der Waals surface area (Å²) >= 11 is 0. The molecule has 0 radical (unpaired) electrons. The summed E-state index contributed by atoms with van der Waals surface area (Å²) in [5.74, 6) is -0.392. The Bertz CT molecular complexity index is 190. The average molecular weight is 201 g/mol. The zero-order valence-electron chi connectivity index (χ0n) is 8.99. The molecule has 2 aliphatic heterocycles. The molecule has 2 fully saturated rings. The Morgan fingerprint density at radius 3 is 2.57 bits per heavy atom. The Morgan fingerprint density at radius 2 is 2.00 bits per heavy atom. The Morgan fingerprint density at radius 1 is 1.29 bits per heavy atom. The van der Waals surface area contributed by atoms with Gasteiger partial charge in [0.05, 0.1) is 25.9 Å². The summed E-state index contributed by atoms with van der Waals surface area (Å²) in [6.07, 6.45) is 0.225. The van der Waals surface area contributed by atoms with Crippen molar-refractivity contribution in [2.24, 2.45) is 0 Å². The van der Waals surface area contributed by atoms with Gasteiger partial charge in [-0.05, 0) is 13.8 Å². The standard InChI is InChI=1S/C10H19NO3/c1-10(2)13-8-9(14-10)7-11-3-5-12-6-4-11/h9H,3-8H2,1-2H3/t9-/m1/s1. The highest BCUT2D eigenvalue weighted by molar-refractivity contribution is 4.75. The number of morpholine rings is 1. The van der Waals surface area contributed by atoms with Crippen molar-refractivity contribution in [3.63, 3.8) is 0 Å².